The summed E-state index contributed by atoms with van der Waals surface area (Å²) in [6.45, 7) is 7.27. The van der Waals surface area contributed by atoms with Crippen LogP contribution < -0.4 is 5.73 Å². The van der Waals surface area contributed by atoms with Crippen LogP contribution in [-0.4, -0.2) is 11.5 Å². The third-order valence-corrected chi connectivity index (χ3v) is 4.09. The summed E-state index contributed by atoms with van der Waals surface area (Å²) in [6.07, 6.45) is 1.89. The zero-order valence-electron chi connectivity index (χ0n) is 9.42. The molecule has 1 heterocycles. The molecule has 1 aromatic heterocycles. The minimum atomic E-state index is 0.316. The van der Waals surface area contributed by atoms with Gasteiger partial charge in [-0.2, -0.15) is 0 Å². The summed E-state index contributed by atoms with van der Waals surface area (Å²) in [5, 5.41) is 0.599. The van der Waals surface area contributed by atoms with E-state index in [4.69, 9.17) is 17.3 Å². The van der Waals surface area contributed by atoms with Gasteiger partial charge < -0.3 is 5.73 Å². The van der Waals surface area contributed by atoms with Gasteiger partial charge in [0.25, 0.3) is 0 Å². The molecule has 0 spiro atoms. The van der Waals surface area contributed by atoms with Crippen molar-refractivity contribution in [1.29, 1.82) is 0 Å². The molecule has 2 atom stereocenters. The first-order valence-electron chi connectivity index (χ1n) is 5.30. The number of pyridine rings is 1. The Morgan fingerprint density at radius 1 is 1.53 bits per heavy atom. The molecular formula is C12H17ClN2. The highest BCUT2D eigenvalue weighted by Crippen LogP contribution is 2.63. The summed E-state index contributed by atoms with van der Waals surface area (Å²) in [5.41, 5.74) is 8.40. The Balaban J connectivity index is 2.29. The summed E-state index contributed by atoms with van der Waals surface area (Å²) in [5.74, 6) is 1.13. The first-order valence-corrected chi connectivity index (χ1v) is 5.68. The molecule has 0 radical (unpaired) electrons. The third kappa shape index (κ3) is 1.66. The Labute approximate surface area is 95.8 Å². The highest BCUT2D eigenvalue weighted by Gasteiger charge is 2.57. The fourth-order valence-corrected chi connectivity index (χ4v) is 2.70. The van der Waals surface area contributed by atoms with Crippen molar-refractivity contribution in [2.24, 2.45) is 17.1 Å². The van der Waals surface area contributed by atoms with Gasteiger partial charge in [0.15, 0.2) is 0 Å². The average molecular weight is 225 g/mol. The first-order chi connectivity index (χ1) is 6.98. The maximum atomic E-state index is 5.91. The molecule has 0 bridgehead atoms. The van der Waals surface area contributed by atoms with Crippen molar-refractivity contribution in [3.05, 3.63) is 28.5 Å². The molecule has 2 rings (SSSR count). The summed E-state index contributed by atoms with van der Waals surface area (Å²) in [7, 11) is 0. The second-order valence-corrected chi connectivity index (χ2v) is 5.38. The number of nitrogens with two attached hydrogens (primary N) is 1. The minimum Gasteiger partial charge on any atom is -0.330 e. The molecule has 1 aliphatic carbocycles. The molecule has 2 nitrogen and oxygen atoms in total. The minimum absolute atomic E-state index is 0.316. The van der Waals surface area contributed by atoms with Crippen LogP contribution in [0.1, 0.15) is 30.9 Å². The largest absolute Gasteiger partial charge is 0.330 e. The molecule has 0 aliphatic heterocycles. The Morgan fingerprint density at radius 2 is 2.20 bits per heavy atom. The Bertz CT molecular complexity index is 387. The van der Waals surface area contributed by atoms with E-state index < -0.39 is 0 Å². The van der Waals surface area contributed by atoms with Gasteiger partial charge in [-0.1, -0.05) is 31.5 Å². The van der Waals surface area contributed by atoms with E-state index in [9.17, 15) is 0 Å². The van der Waals surface area contributed by atoms with E-state index in [0.717, 1.165) is 12.1 Å². The zero-order chi connectivity index (χ0) is 11.2. The van der Waals surface area contributed by atoms with Gasteiger partial charge in [0.1, 0.15) is 5.15 Å². The number of aryl methyl sites for hydroxylation is 1. The number of nitrogens with zero attached hydrogens (tertiary/aromatic N) is 1. The van der Waals surface area contributed by atoms with E-state index >= 15 is 0 Å². The van der Waals surface area contributed by atoms with Gasteiger partial charge in [0, 0.05) is 6.20 Å². The van der Waals surface area contributed by atoms with E-state index in [1.54, 1.807) is 0 Å². The van der Waals surface area contributed by atoms with Crippen LogP contribution in [0.2, 0.25) is 5.15 Å². The molecular weight excluding hydrogens is 208 g/mol. The molecule has 1 aliphatic rings. The Hall–Kier alpha value is -0.600. The van der Waals surface area contributed by atoms with Gasteiger partial charge >= 0.3 is 0 Å². The third-order valence-electron chi connectivity index (χ3n) is 3.70. The first kappa shape index (κ1) is 10.9. The van der Waals surface area contributed by atoms with Crippen molar-refractivity contribution in [3.63, 3.8) is 0 Å². The summed E-state index contributed by atoms with van der Waals surface area (Å²) < 4.78 is 0. The molecule has 82 valence electrons. The zero-order valence-corrected chi connectivity index (χ0v) is 10.2. The molecule has 1 aromatic rings. The van der Waals surface area contributed by atoms with E-state index in [1.807, 2.05) is 13.1 Å². The molecule has 3 heteroatoms. The van der Waals surface area contributed by atoms with E-state index in [1.165, 1.54) is 5.56 Å². The molecule has 1 fully saturated rings. The van der Waals surface area contributed by atoms with Crippen molar-refractivity contribution in [2.75, 3.05) is 6.54 Å². The van der Waals surface area contributed by atoms with Gasteiger partial charge in [-0.15, -0.1) is 0 Å². The normalized spacial score (nSPS) is 27.8. The van der Waals surface area contributed by atoms with Crippen LogP contribution in [0.4, 0.5) is 0 Å². The second kappa shape index (κ2) is 3.46. The fraction of sp³-hybridized carbons (Fsp3) is 0.583. The molecule has 0 aromatic carbocycles. The van der Waals surface area contributed by atoms with Crippen LogP contribution in [-0.2, 0) is 0 Å². The van der Waals surface area contributed by atoms with E-state index in [0.29, 0.717) is 22.4 Å². The molecule has 0 amide bonds. The van der Waals surface area contributed by atoms with Crippen LogP contribution in [0.5, 0.6) is 0 Å². The highest BCUT2D eigenvalue weighted by atomic mass is 35.5. The number of halogens is 1. The number of rotatable bonds is 2. The predicted molar refractivity (Wildman–Crippen MR) is 63.1 cm³/mol. The van der Waals surface area contributed by atoms with Crippen LogP contribution in [0.15, 0.2) is 12.3 Å². The van der Waals surface area contributed by atoms with E-state index in [-0.39, 0.29) is 0 Å². The van der Waals surface area contributed by atoms with Crippen molar-refractivity contribution < 1.29 is 0 Å². The smallest absolute Gasteiger partial charge is 0.131 e. The molecule has 15 heavy (non-hydrogen) atoms. The van der Waals surface area contributed by atoms with Gasteiger partial charge in [0.05, 0.1) is 0 Å². The SMILES string of the molecule is Cc1cc(C2C(CN)C2(C)C)cnc1Cl. The topological polar surface area (TPSA) is 38.9 Å². The lowest BCUT2D eigenvalue weighted by molar-refractivity contribution is 0.558. The monoisotopic (exact) mass is 224 g/mol. The number of hydrogen-bond donors (Lipinski definition) is 1. The lowest BCUT2D eigenvalue weighted by Crippen LogP contribution is -2.05. The van der Waals surface area contributed by atoms with Gasteiger partial charge in [-0.25, -0.2) is 4.98 Å². The summed E-state index contributed by atoms with van der Waals surface area (Å²) in [6, 6.07) is 2.14. The number of hydrogen-bond acceptors (Lipinski definition) is 2. The Morgan fingerprint density at radius 3 is 2.67 bits per heavy atom. The lowest BCUT2D eigenvalue weighted by Gasteiger charge is -2.04. The average Bonchev–Trinajstić information content (AvgIpc) is 2.73. The van der Waals surface area contributed by atoms with Gasteiger partial charge in [0.2, 0.25) is 0 Å². The van der Waals surface area contributed by atoms with Gasteiger partial charge in [-0.05, 0) is 41.8 Å². The maximum absolute atomic E-state index is 5.91. The molecule has 0 saturated heterocycles. The number of aromatic nitrogens is 1. The van der Waals surface area contributed by atoms with Gasteiger partial charge in [-0.3, -0.25) is 0 Å². The van der Waals surface area contributed by atoms with Crippen molar-refractivity contribution in [3.8, 4) is 0 Å². The summed E-state index contributed by atoms with van der Waals surface area (Å²) >= 11 is 5.91. The summed E-state index contributed by atoms with van der Waals surface area (Å²) in [4.78, 5) is 4.20. The molecule has 2 N–H and O–H groups in total. The lowest BCUT2D eigenvalue weighted by atomic mass is 10.0. The van der Waals surface area contributed by atoms with Crippen LogP contribution in [0, 0.1) is 18.3 Å². The standard InChI is InChI=1S/C12H17ClN2/c1-7-4-8(6-15-11(7)13)10-9(5-14)12(10,2)3/h4,6,9-10H,5,14H2,1-3H3. The second-order valence-electron chi connectivity index (χ2n) is 5.02. The highest BCUT2D eigenvalue weighted by molar-refractivity contribution is 6.30. The molecule has 1 saturated carbocycles. The van der Waals surface area contributed by atoms with Crippen molar-refractivity contribution in [2.45, 2.75) is 26.7 Å². The van der Waals surface area contributed by atoms with E-state index in [2.05, 4.69) is 24.9 Å². The van der Waals surface area contributed by atoms with Crippen LogP contribution in [0.3, 0.4) is 0 Å². The fourth-order valence-electron chi connectivity index (χ4n) is 2.60. The maximum Gasteiger partial charge on any atom is 0.131 e. The quantitative estimate of drug-likeness (QED) is 0.785. The van der Waals surface area contributed by atoms with Crippen LogP contribution >= 0.6 is 11.6 Å². The van der Waals surface area contributed by atoms with Crippen molar-refractivity contribution in [1.82, 2.24) is 4.98 Å². The van der Waals surface area contributed by atoms with Crippen LogP contribution in [0.25, 0.3) is 0 Å². The predicted octanol–water partition coefficient (Wildman–Crippen LogP) is 2.74. The Kier molecular flexibility index (Phi) is 2.52. The molecule has 2 unspecified atom stereocenters. The van der Waals surface area contributed by atoms with Crippen molar-refractivity contribution >= 4 is 11.6 Å².